The van der Waals surface area contributed by atoms with E-state index in [4.69, 9.17) is 5.73 Å². The largest absolute Gasteiger partial charge is 0.330 e. The third kappa shape index (κ3) is 2.46. The van der Waals surface area contributed by atoms with E-state index in [1.807, 2.05) is 0 Å². The summed E-state index contributed by atoms with van der Waals surface area (Å²) in [6.07, 6.45) is 7.71. The molecule has 0 saturated heterocycles. The smallest absolute Gasteiger partial charge is 0.000824 e. The molecule has 0 bridgehead atoms. The summed E-state index contributed by atoms with van der Waals surface area (Å²) in [6.45, 7) is 3.02. The zero-order chi connectivity index (χ0) is 11.4. The summed E-state index contributed by atoms with van der Waals surface area (Å²) in [5.74, 6) is 0.567. The summed E-state index contributed by atoms with van der Waals surface area (Å²) in [5.41, 5.74) is 10.5. The molecule has 0 saturated carbocycles. The van der Waals surface area contributed by atoms with E-state index in [0.29, 0.717) is 5.92 Å². The molecular weight excluding hydrogens is 194 g/mol. The van der Waals surface area contributed by atoms with Gasteiger partial charge in [-0.2, -0.15) is 0 Å². The highest BCUT2D eigenvalue weighted by atomic mass is 14.5. The number of aryl methyl sites for hydroxylation is 2. The number of fused-ring (bicyclic) bond motifs is 1. The molecule has 0 radical (unpaired) electrons. The molecule has 1 aliphatic carbocycles. The first-order chi connectivity index (χ1) is 7.85. The van der Waals surface area contributed by atoms with Gasteiger partial charge in [0, 0.05) is 0 Å². The van der Waals surface area contributed by atoms with Crippen molar-refractivity contribution in [1.82, 2.24) is 0 Å². The zero-order valence-electron chi connectivity index (χ0n) is 10.3. The highest BCUT2D eigenvalue weighted by Gasteiger charge is 2.13. The van der Waals surface area contributed by atoms with Crippen LogP contribution in [0.15, 0.2) is 18.2 Å². The summed E-state index contributed by atoms with van der Waals surface area (Å²) >= 11 is 0. The maximum atomic E-state index is 5.87. The van der Waals surface area contributed by atoms with Gasteiger partial charge >= 0.3 is 0 Å². The Bertz CT molecular complexity index is 343. The van der Waals surface area contributed by atoms with E-state index >= 15 is 0 Å². The van der Waals surface area contributed by atoms with Crippen LogP contribution in [0, 0.1) is 0 Å². The van der Waals surface area contributed by atoms with Crippen LogP contribution in [0.25, 0.3) is 0 Å². The van der Waals surface area contributed by atoms with Crippen LogP contribution in [0.4, 0.5) is 0 Å². The van der Waals surface area contributed by atoms with Gasteiger partial charge in [0.15, 0.2) is 0 Å². The van der Waals surface area contributed by atoms with Crippen LogP contribution < -0.4 is 5.73 Å². The third-order valence-corrected chi connectivity index (χ3v) is 3.77. The average Bonchev–Trinajstić information content (AvgIpc) is 2.35. The van der Waals surface area contributed by atoms with E-state index < -0.39 is 0 Å². The summed E-state index contributed by atoms with van der Waals surface area (Å²) in [6, 6.07) is 7.06. The maximum Gasteiger partial charge on any atom is -0.000824 e. The molecule has 0 aliphatic heterocycles. The Hall–Kier alpha value is -0.820. The Kier molecular flexibility index (Phi) is 4.00. The van der Waals surface area contributed by atoms with Crippen LogP contribution in [-0.2, 0) is 12.8 Å². The monoisotopic (exact) mass is 217 g/mol. The first-order valence-electron chi connectivity index (χ1n) is 6.67. The number of benzene rings is 1. The van der Waals surface area contributed by atoms with E-state index in [9.17, 15) is 0 Å². The van der Waals surface area contributed by atoms with Gasteiger partial charge in [0.1, 0.15) is 0 Å². The minimum absolute atomic E-state index is 0.567. The van der Waals surface area contributed by atoms with Crippen molar-refractivity contribution in [1.29, 1.82) is 0 Å². The lowest BCUT2D eigenvalue weighted by atomic mass is 9.86. The molecule has 0 fully saturated rings. The van der Waals surface area contributed by atoms with E-state index in [1.54, 1.807) is 11.1 Å². The van der Waals surface area contributed by atoms with Crippen LogP contribution in [-0.4, -0.2) is 6.54 Å². The molecule has 0 amide bonds. The second-order valence-electron chi connectivity index (χ2n) is 4.96. The number of nitrogens with two attached hydrogens (primary N) is 1. The molecule has 2 rings (SSSR count). The van der Waals surface area contributed by atoms with Crippen LogP contribution in [0.3, 0.4) is 0 Å². The first-order valence-corrected chi connectivity index (χ1v) is 6.67. The second-order valence-corrected chi connectivity index (χ2v) is 4.96. The molecule has 88 valence electrons. The van der Waals surface area contributed by atoms with Gasteiger partial charge in [-0.15, -0.1) is 0 Å². The van der Waals surface area contributed by atoms with Crippen LogP contribution in [0.2, 0.25) is 0 Å². The molecule has 1 aliphatic rings. The van der Waals surface area contributed by atoms with Crippen molar-refractivity contribution in [3.63, 3.8) is 0 Å². The van der Waals surface area contributed by atoms with Gasteiger partial charge in [-0.1, -0.05) is 31.5 Å². The van der Waals surface area contributed by atoms with Crippen molar-refractivity contribution in [2.45, 2.75) is 51.4 Å². The van der Waals surface area contributed by atoms with E-state index in [-0.39, 0.29) is 0 Å². The topological polar surface area (TPSA) is 26.0 Å². The first kappa shape index (κ1) is 11.7. The molecule has 1 nitrogen and oxygen atoms in total. The minimum Gasteiger partial charge on any atom is -0.330 e. The summed E-state index contributed by atoms with van der Waals surface area (Å²) in [5, 5.41) is 0. The molecule has 16 heavy (non-hydrogen) atoms. The zero-order valence-corrected chi connectivity index (χ0v) is 10.3. The summed E-state index contributed by atoms with van der Waals surface area (Å²) in [4.78, 5) is 0. The Balaban J connectivity index is 2.21. The van der Waals surface area contributed by atoms with E-state index in [2.05, 4.69) is 25.1 Å². The fourth-order valence-corrected chi connectivity index (χ4v) is 2.78. The van der Waals surface area contributed by atoms with Gasteiger partial charge in [-0.25, -0.2) is 0 Å². The molecule has 1 aromatic rings. The molecule has 1 heteroatoms. The highest BCUT2D eigenvalue weighted by Crippen LogP contribution is 2.27. The van der Waals surface area contributed by atoms with E-state index in [1.165, 1.54) is 44.1 Å². The molecule has 0 aromatic heterocycles. The molecule has 1 unspecified atom stereocenters. The van der Waals surface area contributed by atoms with Gasteiger partial charge < -0.3 is 5.73 Å². The fraction of sp³-hybridized carbons (Fsp3) is 0.600. The molecule has 0 spiro atoms. The van der Waals surface area contributed by atoms with Crippen molar-refractivity contribution in [3.8, 4) is 0 Å². The van der Waals surface area contributed by atoms with Gasteiger partial charge in [0.25, 0.3) is 0 Å². The van der Waals surface area contributed by atoms with Gasteiger partial charge in [0.05, 0.1) is 0 Å². The fourth-order valence-electron chi connectivity index (χ4n) is 2.78. The van der Waals surface area contributed by atoms with E-state index in [0.717, 1.165) is 6.54 Å². The van der Waals surface area contributed by atoms with Gasteiger partial charge in [0.2, 0.25) is 0 Å². The lowest BCUT2D eigenvalue weighted by molar-refractivity contribution is 0.618. The van der Waals surface area contributed by atoms with Crippen LogP contribution in [0.1, 0.15) is 55.2 Å². The van der Waals surface area contributed by atoms with Crippen molar-refractivity contribution in [2.75, 3.05) is 6.54 Å². The molecular formula is C15H23N. The summed E-state index contributed by atoms with van der Waals surface area (Å²) < 4.78 is 0. The Morgan fingerprint density at radius 1 is 1.19 bits per heavy atom. The predicted molar refractivity (Wildman–Crippen MR) is 69.8 cm³/mol. The average molecular weight is 217 g/mol. The third-order valence-electron chi connectivity index (χ3n) is 3.77. The summed E-state index contributed by atoms with van der Waals surface area (Å²) in [7, 11) is 0. The molecule has 1 atom stereocenters. The van der Waals surface area contributed by atoms with Crippen LogP contribution >= 0.6 is 0 Å². The number of hydrogen-bond donors (Lipinski definition) is 1. The second kappa shape index (κ2) is 5.49. The Morgan fingerprint density at radius 3 is 2.62 bits per heavy atom. The van der Waals surface area contributed by atoms with Gasteiger partial charge in [-0.05, 0) is 61.3 Å². The van der Waals surface area contributed by atoms with Crippen molar-refractivity contribution in [3.05, 3.63) is 34.9 Å². The quantitative estimate of drug-likeness (QED) is 0.821. The van der Waals surface area contributed by atoms with Crippen molar-refractivity contribution in [2.24, 2.45) is 5.73 Å². The molecule has 2 N–H and O–H groups in total. The van der Waals surface area contributed by atoms with Crippen molar-refractivity contribution < 1.29 is 0 Å². The normalized spacial score (nSPS) is 16.9. The maximum absolute atomic E-state index is 5.87. The SMILES string of the molecule is CCCC(CN)c1ccc2c(c1)CCCC2. The predicted octanol–water partition coefficient (Wildman–Crippen LogP) is 3.41. The standard InChI is InChI=1S/C15H23N/c1-2-5-15(11-16)14-9-8-12-6-3-4-7-13(12)10-14/h8-10,15H,2-7,11,16H2,1H3. The van der Waals surface area contributed by atoms with Gasteiger partial charge in [-0.3, -0.25) is 0 Å². The Labute approximate surface area is 99.0 Å². The minimum atomic E-state index is 0.567. The number of hydrogen-bond acceptors (Lipinski definition) is 1. The Morgan fingerprint density at radius 2 is 1.94 bits per heavy atom. The van der Waals surface area contributed by atoms with Crippen molar-refractivity contribution >= 4 is 0 Å². The molecule has 0 heterocycles. The lowest BCUT2D eigenvalue weighted by Gasteiger charge is -2.20. The lowest BCUT2D eigenvalue weighted by Crippen LogP contribution is -2.13. The van der Waals surface area contributed by atoms with Crippen LogP contribution in [0.5, 0.6) is 0 Å². The highest BCUT2D eigenvalue weighted by molar-refractivity contribution is 5.35. The number of rotatable bonds is 4. The molecule has 1 aromatic carbocycles.